The van der Waals surface area contributed by atoms with E-state index in [1.165, 1.54) is 0 Å². The van der Waals surface area contributed by atoms with Crippen LogP contribution in [0.2, 0.25) is 0 Å². The van der Waals surface area contributed by atoms with Crippen molar-refractivity contribution in [2.45, 2.75) is 0 Å². The summed E-state index contributed by atoms with van der Waals surface area (Å²) in [5, 5.41) is 0.876. The lowest BCUT2D eigenvalue weighted by Gasteiger charge is -2.04. The lowest BCUT2D eigenvalue weighted by Crippen LogP contribution is -2.03. The number of carbonyl (C=O) groups excluding carboxylic acids is 1. The third kappa shape index (κ3) is 2.10. The number of benzene rings is 2. The number of hydrogen-bond donors (Lipinski definition) is 1. The van der Waals surface area contributed by atoms with E-state index in [9.17, 15) is 4.79 Å². The summed E-state index contributed by atoms with van der Waals surface area (Å²) in [6.45, 7) is 3.44. The molecule has 1 N–H and O–H groups in total. The van der Waals surface area contributed by atoms with E-state index in [4.69, 9.17) is 4.74 Å². The lowest BCUT2D eigenvalue weighted by molar-refractivity contribution is -0.128. The molecule has 20 heavy (non-hydrogen) atoms. The number of rotatable bonds is 3. The van der Waals surface area contributed by atoms with E-state index >= 15 is 0 Å². The predicted molar refractivity (Wildman–Crippen MR) is 79.6 cm³/mol. The Labute approximate surface area is 116 Å². The summed E-state index contributed by atoms with van der Waals surface area (Å²) >= 11 is 0. The van der Waals surface area contributed by atoms with Crippen LogP contribution in [0.25, 0.3) is 22.2 Å². The van der Waals surface area contributed by atoms with Crippen LogP contribution in [-0.2, 0) is 4.79 Å². The van der Waals surface area contributed by atoms with Crippen LogP contribution in [-0.4, -0.2) is 11.0 Å². The van der Waals surface area contributed by atoms with Gasteiger partial charge in [0.2, 0.25) is 0 Å². The van der Waals surface area contributed by atoms with Crippen molar-refractivity contribution in [2.75, 3.05) is 0 Å². The largest absolute Gasteiger partial charge is 0.420 e. The minimum Gasteiger partial charge on any atom is -0.420 e. The first-order valence-corrected chi connectivity index (χ1v) is 6.30. The van der Waals surface area contributed by atoms with Gasteiger partial charge in [-0.05, 0) is 12.1 Å². The van der Waals surface area contributed by atoms with Crippen LogP contribution in [0.3, 0.4) is 0 Å². The zero-order chi connectivity index (χ0) is 13.9. The van der Waals surface area contributed by atoms with Crippen molar-refractivity contribution in [2.24, 2.45) is 0 Å². The number of carbonyl (C=O) groups is 1. The summed E-state index contributed by atoms with van der Waals surface area (Å²) in [7, 11) is 0. The van der Waals surface area contributed by atoms with Gasteiger partial charge in [-0.2, -0.15) is 0 Å². The van der Waals surface area contributed by atoms with E-state index in [1.807, 2.05) is 54.6 Å². The molecule has 0 unspecified atom stereocenters. The van der Waals surface area contributed by atoms with E-state index in [1.54, 1.807) is 0 Å². The Morgan fingerprint density at radius 1 is 1.05 bits per heavy atom. The number of nitrogens with one attached hydrogen (secondary N) is 1. The van der Waals surface area contributed by atoms with Gasteiger partial charge in [0.25, 0.3) is 0 Å². The summed E-state index contributed by atoms with van der Waals surface area (Å²) < 4.78 is 5.41. The van der Waals surface area contributed by atoms with E-state index in [-0.39, 0.29) is 0 Å². The van der Waals surface area contributed by atoms with Crippen molar-refractivity contribution in [1.82, 2.24) is 4.98 Å². The van der Waals surface area contributed by atoms with Crippen molar-refractivity contribution < 1.29 is 9.53 Å². The van der Waals surface area contributed by atoms with Crippen LogP contribution >= 0.6 is 0 Å². The minimum atomic E-state index is -0.466. The SMILES string of the molecule is C=CC(=O)Oc1c(-c2ccccc2)[nH]c2ccccc12. The molecule has 0 radical (unpaired) electrons. The highest BCUT2D eigenvalue weighted by molar-refractivity contribution is 5.97. The topological polar surface area (TPSA) is 42.1 Å². The minimum absolute atomic E-state index is 0.466. The zero-order valence-electron chi connectivity index (χ0n) is 10.8. The smallest absolute Gasteiger partial charge is 0.335 e. The molecule has 0 bridgehead atoms. The average molecular weight is 263 g/mol. The molecule has 98 valence electrons. The van der Waals surface area contributed by atoms with Crippen molar-refractivity contribution in [3.05, 3.63) is 67.3 Å². The second kappa shape index (κ2) is 5.05. The van der Waals surface area contributed by atoms with E-state index in [2.05, 4.69) is 11.6 Å². The second-order valence-corrected chi connectivity index (χ2v) is 4.37. The quantitative estimate of drug-likeness (QED) is 0.574. The maximum atomic E-state index is 11.6. The number of hydrogen-bond acceptors (Lipinski definition) is 2. The molecule has 1 aromatic heterocycles. The molecule has 0 fully saturated rings. The van der Waals surface area contributed by atoms with Gasteiger partial charge in [-0.1, -0.05) is 49.0 Å². The molecule has 2 aromatic carbocycles. The Morgan fingerprint density at radius 2 is 1.75 bits per heavy atom. The number of esters is 1. The number of aromatic nitrogens is 1. The average Bonchev–Trinajstić information content (AvgIpc) is 2.87. The predicted octanol–water partition coefficient (Wildman–Crippen LogP) is 3.93. The summed E-state index contributed by atoms with van der Waals surface area (Å²) in [5.41, 5.74) is 2.69. The number of fused-ring (bicyclic) bond motifs is 1. The molecule has 0 aliphatic carbocycles. The Balaban J connectivity index is 2.22. The Bertz CT molecular complexity index is 772. The molecule has 3 rings (SSSR count). The van der Waals surface area contributed by atoms with Crippen LogP contribution in [0.4, 0.5) is 0 Å². The molecule has 0 aliphatic rings. The molecule has 0 saturated carbocycles. The fraction of sp³-hybridized carbons (Fsp3) is 0. The van der Waals surface area contributed by atoms with Crippen molar-refractivity contribution in [3.63, 3.8) is 0 Å². The van der Waals surface area contributed by atoms with E-state index in [0.29, 0.717) is 5.75 Å². The van der Waals surface area contributed by atoms with Crippen LogP contribution in [0.1, 0.15) is 0 Å². The maximum absolute atomic E-state index is 11.6. The monoisotopic (exact) mass is 263 g/mol. The standard InChI is InChI=1S/C17H13NO2/c1-2-15(19)20-17-13-10-6-7-11-14(13)18-16(17)12-8-4-3-5-9-12/h2-11,18H,1H2. The molecule has 0 aliphatic heterocycles. The van der Waals surface area contributed by atoms with Crippen LogP contribution < -0.4 is 4.74 Å². The summed E-state index contributed by atoms with van der Waals surface area (Å²) in [6, 6.07) is 17.5. The van der Waals surface area contributed by atoms with Gasteiger partial charge in [0, 0.05) is 22.5 Å². The van der Waals surface area contributed by atoms with Gasteiger partial charge in [-0.15, -0.1) is 0 Å². The molecule has 3 aromatic rings. The molecular formula is C17H13NO2. The van der Waals surface area contributed by atoms with Crippen molar-refractivity contribution >= 4 is 16.9 Å². The number of ether oxygens (including phenoxy) is 1. The first-order chi connectivity index (χ1) is 9.79. The maximum Gasteiger partial charge on any atom is 0.335 e. The molecule has 0 amide bonds. The summed E-state index contributed by atoms with van der Waals surface area (Å²) in [6.07, 6.45) is 1.16. The van der Waals surface area contributed by atoms with Gasteiger partial charge in [0.15, 0.2) is 5.75 Å². The first-order valence-electron chi connectivity index (χ1n) is 6.30. The zero-order valence-corrected chi connectivity index (χ0v) is 10.8. The third-order valence-corrected chi connectivity index (χ3v) is 3.09. The van der Waals surface area contributed by atoms with E-state index in [0.717, 1.165) is 28.2 Å². The lowest BCUT2D eigenvalue weighted by atomic mass is 10.1. The molecular weight excluding hydrogens is 250 g/mol. The molecule has 1 heterocycles. The number of para-hydroxylation sites is 1. The molecule has 3 heteroatoms. The molecule has 0 atom stereocenters. The highest BCUT2D eigenvalue weighted by Crippen LogP contribution is 2.36. The van der Waals surface area contributed by atoms with Gasteiger partial charge in [0.05, 0.1) is 5.69 Å². The van der Waals surface area contributed by atoms with Crippen molar-refractivity contribution in [1.29, 1.82) is 0 Å². The Morgan fingerprint density at radius 3 is 2.50 bits per heavy atom. The Kier molecular flexibility index (Phi) is 3.09. The fourth-order valence-electron chi connectivity index (χ4n) is 2.17. The summed E-state index contributed by atoms with van der Waals surface area (Å²) in [4.78, 5) is 14.9. The van der Waals surface area contributed by atoms with Gasteiger partial charge in [0.1, 0.15) is 0 Å². The van der Waals surface area contributed by atoms with Gasteiger partial charge >= 0.3 is 5.97 Å². The highest BCUT2D eigenvalue weighted by atomic mass is 16.5. The molecule has 0 saturated heterocycles. The van der Waals surface area contributed by atoms with Crippen LogP contribution in [0.5, 0.6) is 5.75 Å². The van der Waals surface area contributed by atoms with Gasteiger partial charge in [-0.25, -0.2) is 4.79 Å². The highest BCUT2D eigenvalue weighted by Gasteiger charge is 2.16. The molecule has 0 spiro atoms. The van der Waals surface area contributed by atoms with E-state index < -0.39 is 5.97 Å². The first kappa shape index (κ1) is 12.2. The van der Waals surface area contributed by atoms with Gasteiger partial charge < -0.3 is 9.72 Å². The Hall–Kier alpha value is -2.81. The van der Waals surface area contributed by atoms with Gasteiger partial charge in [-0.3, -0.25) is 0 Å². The number of aromatic amines is 1. The fourth-order valence-corrected chi connectivity index (χ4v) is 2.17. The molecule has 3 nitrogen and oxygen atoms in total. The third-order valence-electron chi connectivity index (χ3n) is 3.09. The van der Waals surface area contributed by atoms with Crippen LogP contribution in [0.15, 0.2) is 67.3 Å². The summed E-state index contributed by atoms with van der Waals surface area (Å²) in [5.74, 6) is 0.0728. The van der Waals surface area contributed by atoms with Crippen molar-refractivity contribution in [3.8, 4) is 17.0 Å². The number of H-pyrrole nitrogens is 1. The van der Waals surface area contributed by atoms with Crippen LogP contribution in [0, 0.1) is 0 Å². The second-order valence-electron chi connectivity index (χ2n) is 4.37. The normalized spacial score (nSPS) is 10.4.